The normalized spacial score (nSPS) is 19.7. The molecule has 2 rings (SSSR count). The number of halogens is 1. The van der Waals surface area contributed by atoms with E-state index >= 15 is 0 Å². The molecule has 1 saturated heterocycles. The number of piperazine rings is 1. The van der Waals surface area contributed by atoms with Crippen LogP contribution in [-0.4, -0.2) is 40.2 Å². The average Bonchev–Trinajstić information content (AvgIpc) is 2.33. The Hall–Kier alpha value is -1.95. The van der Waals surface area contributed by atoms with Gasteiger partial charge < -0.3 is 4.90 Å². The number of imide groups is 1. The van der Waals surface area contributed by atoms with Gasteiger partial charge in [0, 0.05) is 11.8 Å². The molecule has 0 aliphatic carbocycles. The Kier molecular flexibility index (Phi) is 3.29. The molecule has 1 aliphatic rings. The van der Waals surface area contributed by atoms with Gasteiger partial charge in [-0.1, -0.05) is 11.6 Å². The SMILES string of the molecule is CC1C(=O)NC(=O)CN1C(=O)c1ccnc(Cl)c1. The molecular weight excluding hydrogens is 258 g/mol. The van der Waals surface area contributed by atoms with Crippen LogP contribution in [-0.2, 0) is 9.59 Å². The lowest BCUT2D eigenvalue weighted by Gasteiger charge is -2.31. The molecule has 18 heavy (non-hydrogen) atoms. The van der Waals surface area contributed by atoms with Crippen LogP contribution in [0.5, 0.6) is 0 Å². The third kappa shape index (κ3) is 2.33. The smallest absolute Gasteiger partial charge is 0.255 e. The number of carbonyl (C=O) groups is 3. The van der Waals surface area contributed by atoms with E-state index in [2.05, 4.69) is 10.3 Å². The van der Waals surface area contributed by atoms with Crippen LogP contribution in [0.4, 0.5) is 0 Å². The number of rotatable bonds is 1. The van der Waals surface area contributed by atoms with E-state index in [0.717, 1.165) is 0 Å². The van der Waals surface area contributed by atoms with E-state index in [9.17, 15) is 14.4 Å². The zero-order valence-electron chi connectivity index (χ0n) is 9.51. The molecule has 1 fully saturated rings. The summed E-state index contributed by atoms with van der Waals surface area (Å²) in [6.07, 6.45) is 1.39. The molecule has 0 spiro atoms. The summed E-state index contributed by atoms with van der Waals surface area (Å²) >= 11 is 5.69. The van der Waals surface area contributed by atoms with Crippen LogP contribution in [0.3, 0.4) is 0 Å². The highest BCUT2D eigenvalue weighted by Gasteiger charge is 2.33. The van der Waals surface area contributed by atoms with Gasteiger partial charge in [-0.15, -0.1) is 0 Å². The van der Waals surface area contributed by atoms with Crippen LogP contribution in [0, 0.1) is 0 Å². The summed E-state index contributed by atoms with van der Waals surface area (Å²) < 4.78 is 0. The number of hydrogen-bond acceptors (Lipinski definition) is 4. The van der Waals surface area contributed by atoms with Crippen molar-refractivity contribution in [1.82, 2.24) is 15.2 Å². The first-order chi connectivity index (χ1) is 8.49. The highest BCUT2D eigenvalue weighted by molar-refractivity contribution is 6.29. The summed E-state index contributed by atoms with van der Waals surface area (Å²) in [5.41, 5.74) is 0.296. The Balaban J connectivity index is 2.27. The molecule has 1 aromatic rings. The van der Waals surface area contributed by atoms with Crippen molar-refractivity contribution >= 4 is 29.3 Å². The van der Waals surface area contributed by atoms with Gasteiger partial charge in [0.05, 0.1) is 0 Å². The molecule has 1 atom stereocenters. The maximum Gasteiger partial charge on any atom is 0.255 e. The van der Waals surface area contributed by atoms with E-state index in [1.807, 2.05) is 0 Å². The van der Waals surface area contributed by atoms with Gasteiger partial charge in [-0.05, 0) is 19.1 Å². The van der Waals surface area contributed by atoms with Crippen molar-refractivity contribution in [2.24, 2.45) is 0 Å². The molecule has 1 aromatic heterocycles. The summed E-state index contributed by atoms with van der Waals surface area (Å²) in [5.74, 6) is -1.40. The van der Waals surface area contributed by atoms with Gasteiger partial charge in [-0.25, -0.2) is 4.98 Å². The second kappa shape index (κ2) is 4.73. The van der Waals surface area contributed by atoms with Gasteiger partial charge in [-0.3, -0.25) is 19.7 Å². The van der Waals surface area contributed by atoms with Crippen LogP contribution in [0.1, 0.15) is 17.3 Å². The van der Waals surface area contributed by atoms with E-state index in [0.29, 0.717) is 5.56 Å². The maximum absolute atomic E-state index is 12.2. The second-order valence-electron chi connectivity index (χ2n) is 3.89. The summed E-state index contributed by atoms with van der Waals surface area (Å²) in [6.45, 7) is 1.41. The van der Waals surface area contributed by atoms with Crippen molar-refractivity contribution in [3.8, 4) is 0 Å². The Morgan fingerprint density at radius 1 is 1.56 bits per heavy atom. The Bertz CT molecular complexity index is 532. The van der Waals surface area contributed by atoms with Gasteiger partial charge in [-0.2, -0.15) is 0 Å². The number of hydrogen-bond donors (Lipinski definition) is 1. The molecule has 94 valence electrons. The zero-order valence-corrected chi connectivity index (χ0v) is 10.3. The highest BCUT2D eigenvalue weighted by Crippen LogP contribution is 2.13. The standard InChI is InChI=1S/C11H10ClN3O3/c1-6-10(17)14-9(16)5-15(6)11(18)7-2-3-13-8(12)4-7/h2-4,6H,5H2,1H3,(H,14,16,17). The van der Waals surface area contributed by atoms with Gasteiger partial charge in [0.25, 0.3) is 5.91 Å². The summed E-state index contributed by atoms with van der Waals surface area (Å²) in [7, 11) is 0. The number of nitrogens with zero attached hydrogens (tertiary/aromatic N) is 2. The van der Waals surface area contributed by atoms with Crippen molar-refractivity contribution in [2.75, 3.05) is 6.54 Å². The Morgan fingerprint density at radius 3 is 2.94 bits per heavy atom. The minimum Gasteiger partial charge on any atom is -0.318 e. The predicted octanol–water partition coefficient (Wildman–Crippen LogP) is 0.222. The molecule has 1 unspecified atom stereocenters. The summed E-state index contributed by atoms with van der Waals surface area (Å²) in [6, 6.07) is 2.19. The number of amides is 3. The van der Waals surface area contributed by atoms with Crippen LogP contribution < -0.4 is 5.32 Å². The lowest BCUT2D eigenvalue weighted by Crippen LogP contribution is -2.58. The molecule has 1 aliphatic heterocycles. The average molecular weight is 268 g/mol. The van der Waals surface area contributed by atoms with Crippen molar-refractivity contribution in [1.29, 1.82) is 0 Å². The van der Waals surface area contributed by atoms with Gasteiger partial charge >= 0.3 is 0 Å². The molecule has 0 saturated carbocycles. The Labute approximate surface area is 108 Å². The fourth-order valence-corrected chi connectivity index (χ4v) is 1.84. The van der Waals surface area contributed by atoms with Gasteiger partial charge in [0.15, 0.2) is 0 Å². The molecule has 2 heterocycles. The predicted molar refractivity (Wildman–Crippen MR) is 62.9 cm³/mol. The molecule has 0 radical (unpaired) electrons. The van der Waals surface area contributed by atoms with Gasteiger partial charge in [0.1, 0.15) is 17.7 Å². The largest absolute Gasteiger partial charge is 0.318 e. The molecule has 6 nitrogen and oxygen atoms in total. The van der Waals surface area contributed by atoms with E-state index in [4.69, 9.17) is 11.6 Å². The van der Waals surface area contributed by atoms with E-state index in [1.54, 1.807) is 6.92 Å². The first kappa shape index (κ1) is 12.5. The first-order valence-corrected chi connectivity index (χ1v) is 5.63. The number of pyridine rings is 1. The zero-order chi connectivity index (χ0) is 13.3. The number of carbonyl (C=O) groups excluding carboxylic acids is 3. The fourth-order valence-electron chi connectivity index (χ4n) is 1.66. The quantitative estimate of drug-likeness (QED) is 0.583. The summed E-state index contributed by atoms with van der Waals surface area (Å²) in [5, 5.41) is 2.35. The van der Waals surface area contributed by atoms with Crippen molar-refractivity contribution in [2.45, 2.75) is 13.0 Å². The van der Waals surface area contributed by atoms with Crippen LogP contribution in [0.2, 0.25) is 5.15 Å². The number of nitrogens with one attached hydrogen (secondary N) is 1. The first-order valence-electron chi connectivity index (χ1n) is 5.25. The highest BCUT2D eigenvalue weighted by atomic mass is 35.5. The van der Waals surface area contributed by atoms with E-state index in [1.165, 1.54) is 23.2 Å². The molecule has 1 N–H and O–H groups in total. The Morgan fingerprint density at radius 2 is 2.28 bits per heavy atom. The minimum atomic E-state index is -0.692. The second-order valence-corrected chi connectivity index (χ2v) is 4.28. The summed E-state index contributed by atoms with van der Waals surface area (Å²) in [4.78, 5) is 39.8. The minimum absolute atomic E-state index is 0.147. The van der Waals surface area contributed by atoms with Crippen molar-refractivity contribution in [3.05, 3.63) is 29.0 Å². The monoisotopic (exact) mass is 267 g/mol. The molecular formula is C11H10ClN3O3. The lowest BCUT2D eigenvalue weighted by molar-refractivity contribution is -0.138. The molecule has 3 amide bonds. The third-order valence-electron chi connectivity index (χ3n) is 2.66. The van der Waals surface area contributed by atoms with Crippen molar-refractivity contribution < 1.29 is 14.4 Å². The van der Waals surface area contributed by atoms with Crippen LogP contribution >= 0.6 is 11.6 Å². The maximum atomic E-state index is 12.2. The van der Waals surface area contributed by atoms with Crippen LogP contribution in [0.15, 0.2) is 18.3 Å². The third-order valence-corrected chi connectivity index (χ3v) is 2.86. The molecule has 7 heteroatoms. The van der Waals surface area contributed by atoms with E-state index < -0.39 is 23.8 Å². The molecule has 0 aromatic carbocycles. The molecule has 0 bridgehead atoms. The fraction of sp³-hybridized carbons (Fsp3) is 0.273. The lowest BCUT2D eigenvalue weighted by atomic mass is 10.1. The van der Waals surface area contributed by atoms with E-state index in [-0.39, 0.29) is 11.7 Å². The van der Waals surface area contributed by atoms with Gasteiger partial charge in [0.2, 0.25) is 11.8 Å². The van der Waals surface area contributed by atoms with Crippen molar-refractivity contribution in [3.63, 3.8) is 0 Å². The topological polar surface area (TPSA) is 79.4 Å². The number of aromatic nitrogens is 1. The van der Waals surface area contributed by atoms with Crippen LogP contribution in [0.25, 0.3) is 0 Å².